The van der Waals surface area contributed by atoms with E-state index in [1.807, 2.05) is 24.3 Å². The fourth-order valence-corrected chi connectivity index (χ4v) is 2.04. The zero-order valence-corrected chi connectivity index (χ0v) is 10.9. The first kappa shape index (κ1) is 13.4. The summed E-state index contributed by atoms with van der Waals surface area (Å²) < 4.78 is 5.08. The minimum atomic E-state index is -0.217. The van der Waals surface area contributed by atoms with Gasteiger partial charge in [0.2, 0.25) is 0 Å². The van der Waals surface area contributed by atoms with E-state index in [4.69, 9.17) is 4.74 Å². The van der Waals surface area contributed by atoms with E-state index in [9.17, 15) is 9.90 Å². The molecule has 0 saturated carbocycles. The van der Waals surface area contributed by atoms with Gasteiger partial charge >= 0.3 is 0 Å². The molecule has 1 aromatic rings. The van der Waals surface area contributed by atoms with Crippen molar-refractivity contribution in [3.05, 3.63) is 41.0 Å². The summed E-state index contributed by atoms with van der Waals surface area (Å²) in [6.45, 7) is -0.217. The van der Waals surface area contributed by atoms with Crippen molar-refractivity contribution in [3.8, 4) is 17.6 Å². The molecule has 2 rings (SSSR count). The van der Waals surface area contributed by atoms with Gasteiger partial charge in [0, 0.05) is 23.1 Å². The van der Waals surface area contributed by atoms with Crippen LogP contribution in [0.15, 0.2) is 35.4 Å². The van der Waals surface area contributed by atoms with Gasteiger partial charge in [-0.15, -0.1) is 0 Å². The Morgan fingerprint density at radius 2 is 1.95 bits per heavy atom. The Balaban J connectivity index is 2.24. The lowest BCUT2D eigenvalue weighted by Crippen LogP contribution is -2.13. The molecule has 0 fully saturated rings. The molecular weight excluding hydrogens is 240 g/mol. The van der Waals surface area contributed by atoms with Crippen molar-refractivity contribution >= 4 is 5.78 Å². The molecule has 0 atom stereocenters. The van der Waals surface area contributed by atoms with Gasteiger partial charge in [0.25, 0.3) is 0 Å². The van der Waals surface area contributed by atoms with Gasteiger partial charge in [0.05, 0.1) is 13.7 Å². The predicted molar refractivity (Wildman–Crippen MR) is 72.8 cm³/mol. The minimum absolute atomic E-state index is 0.0211. The van der Waals surface area contributed by atoms with Crippen molar-refractivity contribution in [2.45, 2.75) is 19.3 Å². The van der Waals surface area contributed by atoms with Crippen LogP contribution < -0.4 is 4.74 Å². The van der Waals surface area contributed by atoms with Gasteiger partial charge in [0.1, 0.15) is 5.75 Å². The number of ketones is 1. The lowest BCUT2D eigenvalue weighted by Gasteiger charge is -2.13. The number of hydrogen-bond acceptors (Lipinski definition) is 3. The highest BCUT2D eigenvalue weighted by Crippen LogP contribution is 2.21. The molecule has 0 aromatic heterocycles. The van der Waals surface area contributed by atoms with E-state index in [-0.39, 0.29) is 12.4 Å². The molecular formula is C16H16O3. The maximum Gasteiger partial charge on any atom is 0.162 e. The van der Waals surface area contributed by atoms with Crippen LogP contribution in [-0.2, 0) is 4.79 Å². The molecule has 0 aliphatic heterocycles. The quantitative estimate of drug-likeness (QED) is 0.824. The average Bonchev–Trinajstić information content (AvgIpc) is 2.45. The van der Waals surface area contributed by atoms with Gasteiger partial charge in [-0.1, -0.05) is 11.8 Å². The molecule has 0 spiro atoms. The summed E-state index contributed by atoms with van der Waals surface area (Å²) in [6, 6.07) is 7.43. The molecule has 1 aromatic carbocycles. The molecule has 0 heterocycles. The highest BCUT2D eigenvalue weighted by atomic mass is 16.5. The monoisotopic (exact) mass is 256 g/mol. The second-order valence-corrected chi connectivity index (χ2v) is 4.37. The van der Waals surface area contributed by atoms with Crippen LogP contribution in [0.5, 0.6) is 5.75 Å². The molecule has 1 aliphatic rings. The van der Waals surface area contributed by atoms with Gasteiger partial charge in [0.15, 0.2) is 5.78 Å². The Kier molecular flexibility index (Phi) is 4.38. The summed E-state index contributed by atoms with van der Waals surface area (Å²) in [5.74, 6) is 6.85. The number of rotatable bonds is 2. The third kappa shape index (κ3) is 3.24. The Hall–Kier alpha value is -2.05. The van der Waals surface area contributed by atoms with E-state index in [1.165, 1.54) is 0 Å². The molecule has 1 N–H and O–H groups in total. The van der Waals surface area contributed by atoms with Crippen molar-refractivity contribution in [2.75, 3.05) is 13.7 Å². The maximum atomic E-state index is 11.6. The van der Waals surface area contributed by atoms with Gasteiger partial charge in [-0.2, -0.15) is 0 Å². The fraction of sp³-hybridized carbons (Fsp3) is 0.312. The number of carbonyl (C=O) groups excluding carboxylic acids is 1. The van der Waals surface area contributed by atoms with Crippen molar-refractivity contribution < 1.29 is 14.6 Å². The molecule has 1 aliphatic carbocycles. The lowest BCUT2D eigenvalue weighted by molar-refractivity contribution is -0.116. The van der Waals surface area contributed by atoms with Crippen molar-refractivity contribution in [1.82, 2.24) is 0 Å². The van der Waals surface area contributed by atoms with E-state index < -0.39 is 0 Å². The van der Waals surface area contributed by atoms with E-state index in [0.717, 1.165) is 29.7 Å². The van der Waals surface area contributed by atoms with Crippen LogP contribution in [0, 0.1) is 11.8 Å². The smallest absolute Gasteiger partial charge is 0.162 e. The van der Waals surface area contributed by atoms with Crippen LogP contribution >= 0.6 is 0 Å². The number of allylic oxidation sites excluding steroid dienone is 1. The number of aliphatic hydroxyl groups is 1. The van der Waals surface area contributed by atoms with Crippen LogP contribution in [0.4, 0.5) is 0 Å². The molecule has 0 saturated heterocycles. The van der Waals surface area contributed by atoms with E-state index in [0.29, 0.717) is 12.0 Å². The largest absolute Gasteiger partial charge is 0.497 e. The van der Waals surface area contributed by atoms with Crippen LogP contribution in [0.25, 0.3) is 0 Å². The third-order valence-corrected chi connectivity index (χ3v) is 3.14. The van der Waals surface area contributed by atoms with Gasteiger partial charge in [-0.05, 0) is 37.1 Å². The Labute approximate surface area is 112 Å². The van der Waals surface area contributed by atoms with Crippen LogP contribution in [0.1, 0.15) is 24.8 Å². The highest BCUT2D eigenvalue weighted by Gasteiger charge is 2.18. The topological polar surface area (TPSA) is 46.5 Å². The number of benzene rings is 1. The summed E-state index contributed by atoms with van der Waals surface area (Å²) in [5, 5.41) is 9.23. The average molecular weight is 256 g/mol. The third-order valence-electron chi connectivity index (χ3n) is 3.14. The highest BCUT2D eigenvalue weighted by molar-refractivity contribution is 5.98. The Bertz CT molecular complexity index is 556. The SMILES string of the molecule is COc1ccc(C#CC2=C(CO)C(=O)CCC2)cc1. The minimum Gasteiger partial charge on any atom is -0.497 e. The van der Waals surface area contributed by atoms with E-state index >= 15 is 0 Å². The molecule has 98 valence electrons. The second-order valence-electron chi connectivity index (χ2n) is 4.37. The maximum absolute atomic E-state index is 11.6. The molecule has 3 heteroatoms. The molecule has 0 bridgehead atoms. The molecule has 0 unspecified atom stereocenters. The number of methoxy groups -OCH3 is 1. The normalized spacial score (nSPS) is 14.9. The van der Waals surface area contributed by atoms with Crippen LogP contribution in [-0.4, -0.2) is 24.6 Å². The van der Waals surface area contributed by atoms with Crippen molar-refractivity contribution in [2.24, 2.45) is 0 Å². The van der Waals surface area contributed by atoms with Crippen molar-refractivity contribution in [1.29, 1.82) is 0 Å². The van der Waals surface area contributed by atoms with E-state index in [1.54, 1.807) is 7.11 Å². The number of aliphatic hydroxyl groups excluding tert-OH is 1. The summed E-state index contributed by atoms with van der Waals surface area (Å²) in [6.07, 6.45) is 2.10. The summed E-state index contributed by atoms with van der Waals surface area (Å²) in [5.41, 5.74) is 2.12. The summed E-state index contributed by atoms with van der Waals surface area (Å²) >= 11 is 0. The zero-order chi connectivity index (χ0) is 13.7. The Morgan fingerprint density at radius 1 is 1.21 bits per heavy atom. The number of carbonyl (C=O) groups is 1. The first-order valence-corrected chi connectivity index (χ1v) is 6.26. The Morgan fingerprint density at radius 3 is 2.58 bits per heavy atom. The van der Waals surface area contributed by atoms with Gasteiger partial charge in [-0.3, -0.25) is 4.79 Å². The number of ether oxygens (including phenoxy) is 1. The van der Waals surface area contributed by atoms with Crippen molar-refractivity contribution in [3.63, 3.8) is 0 Å². The summed E-state index contributed by atoms with van der Waals surface area (Å²) in [7, 11) is 1.62. The number of Topliss-reactive ketones (excluding diaryl/α,β-unsaturated/α-hetero) is 1. The fourth-order valence-electron chi connectivity index (χ4n) is 2.04. The molecule has 3 nitrogen and oxygen atoms in total. The molecule has 19 heavy (non-hydrogen) atoms. The van der Waals surface area contributed by atoms with Crippen LogP contribution in [0.2, 0.25) is 0 Å². The molecule has 0 radical (unpaired) electrons. The molecule has 0 amide bonds. The summed E-state index contributed by atoms with van der Waals surface area (Å²) in [4.78, 5) is 11.6. The zero-order valence-electron chi connectivity index (χ0n) is 10.9. The van der Waals surface area contributed by atoms with Gasteiger partial charge in [-0.25, -0.2) is 0 Å². The standard InChI is InChI=1S/C16H16O3/c1-19-14-9-6-12(7-10-14)5-8-13-3-2-4-16(18)15(13)11-17/h6-7,9-10,17H,2-4,11H2,1H3. The van der Waals surface area contributed by atoms with Crippen LogP contribution in [0.3, 0.4) is 0 Å². The predicted octanol–water partition coefficient (Wildman–Crippen LogP) is 2.09. The number of hydrogen-bond donors (Lipinski definition) is 1. The van der Waals surface area contributed by atoms with Gasteiger partial charge < -0.3 is 9.84 Å². The second kappa shape index (κ2) is 6.21. The first-order valence-electron chi connectivity index (χ1n) is 6.26. The first-order chi connectivity index (χ1) is 9.24. The van der Waals surface area contributed by atoms with E-state index in [2.05, 4.69) is 11.8 Å². The lowest BCUT2D eigenvalue weighted by atomic mass is 9.91.